The molecule has 0 amide bonds. The predicted molar refractivity (Wildman–Crippen MR) is 55.5 cm³/mol. The van der Waals surface area contributed by atoms with Gasteiger partial charge in [0.25, 0.3) is 5.69 Å². The van der Waals surface area contributed by atoms with Crippen LogP contribution in [0, 0.1) is 17.0 Å². The van der Waals surface area contributed by atoms with Crippen LogP contribution in [0.15, 0.2) is 12.1 Å². The number of rotatable bonds is 2. The fourth-order valence-electron chi connectivity index (χ4n) is 1.40. The van der Waals surface area contributed by atoms with Crippen molar-refractivity contribution in [3.05, 3.63) is 38.9 Å². The third-order valence-corrected chi connectivity index (χ3v) is 2.68. The molecule has 0 atom stereocenters. The molecule has 7 heteroatoms. The molecule has 1 aromatic rings. The van der Waals surface area contributed by atoms with Crippen LogP contribution in [0.3, 0.4) is 0 Å². The van der Waals surface area contributed by atoms with Gasteiger partial charge in [-0.15, -0.1) is 0 Å². The monoisotopic (exact) mass is 297 g/mol. The van der Waals surface area contributed by atoms with E-state index >= 15 is 0 Å². The van der Waals surface area contributed by atoms with Gasteiger partial charge in [0.05, 0.1) is 4.92 Å². The lowest BCUT2D eigenvalue weighted by Gasteiger charge is -2.12. The molecule has 0 aromatic heterocycles. The number of nitro benzene ring substituents is 1. The average molecular weight is 298 g/mol. The van der Waals surface area contributed by atoms with Gasteiger partial charge in [-0.05, 0) is 12.5 Å². The van der Waals surface area contributed by atoms with E-state index in [9.17, 15) is 23.3 Å². The largest absolute Gasteiger partial charge is 0.423 e. The summed E-state index contributed by atoms with van der Waals surface area (Å²) in [7, 11) is 0. The van der Waals surface area contributed by atoms with Crippen molar-refractivity contribution in [2.24, 2.45) is 0 Å². The zero-order valence-electron chi connectivity index (χ0n) is 8.14. The van der Waals surface area contributed by atoms with E-state index < -0.39 is 22.4 Å². The molecule has 0 spiro atoms. The summed E-state index contributed by atoms with van der Waals surface area (Å²) in [6.45, 7) is 1.28. The second-order valence-electron chi connectivity index (χ2n) is 3.15. The average Bonchev–Trinajstić information content (AvgIpc) is 2.15. The molecule has 0 aliphatic carbocycles. The Morgan fingerprint density at radius 2 is 2.00 bits per heavy atom. The Labute approximate surface area is 97.5 Å². The molecular formula is C9H7BrF3NO2. The smallest absolute Gasteiger partial charge is 0.258 e. The molecule has 0 N–H and O–H groups in total. The molecule has 3 nitrogen and oxygen atoms in total. The van der Waals surface area contributed by atoms with Crippen LogP contribution in [-0.4, -0.2) is 4.92 Å². The van der Waals surface area contributed by atoms with Crippen LogP contribution in [0.1, 0.15) is 16.7 Å². The highest BCUT2D eigenvalue weighted by atomic mass is 79.9. The van der Waals surface area contributed by atoms with Crippen molar-refractivity contribution in [1.82, 2.24) is 0 Å². The fraction of sp³-hybridized carbons (Fsp3) is 0.333. The molecule has 0 saturated carbocycles. The second kappa shape index (κ2) is 4.40. The normalized spacial score (nSPS) is 11.6. The van der Waals surface area contributed by atoms with E-state index in [4.69, 9.17) is 0 Å². The van der Waals surface area contributed by atoms with Gasteiger partial charge >= 0.3 is 6.18 Å². The Kier molecular flexibility index (Phi) is 3.57. The van der Waals surface area contributed by atoms with Crippen molar-refractivity contribution in [2.75, 3.05) is 0 Å². The maximum absolute atomic E-state index is 12.7. The number of hydrogen-bond acceptors (Lipinski definition) is 2. The van der Waals surface area contributed by atoms with E-state index in [1.54, 1.807) is 0 Å². The summed E-state index contributed by atoms with van der Waals surface area (Å²) >= 11 is 2.89. The number of hydrogen-bond donors (Lipinski definition) is 0. The van der Waals surface area contributed by atoms with E-state index in [-0.39, 0.29) is 16.5 Å². The summed E-state index contributed by atoms with van der Waals surface area (Å²) < 4.78 is 38.1. The van der Waals surface area contributed by atoms with Gasteiger partial charge in [-0.3, -0.25) is 10.1 Å². The molecule has 0 unspecified atom stereocenters. The minimum atomic E-state index is -4.72. The van der Waals surface area contributed by atoms with Crippen LogP contribution in [0.4, 0.5) is 18.9 Å². The van der Waals surface area contributed by atoms with Crippen molar-refractivity contribution in [2.45, 2.75) is 18.4 Å². The molecule has 0 aliphatic rings. The third-order valence-electron chi connectivity index (χ3n) is 2.08. The molecule has 0 aliphatic heterocycles. The topological polar surface area (TPSA) is 43.1 Å². The summed E-state index contributed by atoms with van der Waals surface area (Å²) in [6.07, 6.45) is -4.72. The first-order valence-corrected chi connectivity index (χ1v) is 5.31. The molecule has 0 heterocycles. The van der Waals surface area contributed by atoms with Crippen LogP contribution in [0.5, 0.6) is 0 Å². The highest BCUT2D eigenvalue weighted by Gasteiger charge is 2.41. The van der Waals surface area contributed by atoms with Gasteiger partial charge in [-0.2, -0.15) is 13.2 Å². The lowest BCUT2D eigenvalue weighted by molar-refractivity contribution is -0.388. The van der Waals surface area contributed by atoms with Gasteiger partial charge in [0.2, 0.25) is 0 Å². The number of benzene rings is 1. The van der Waals surface area contributed by atoms with Gasteiger partial charge in [0, 0.05) is 10.9 Å². The van der Waals surface area contributed by atoms with E-state index in [2.05, 4.69) is 15.9 Å². The Morgan fingerprint density at radius 3 is 2.38 bits per heavy atom. The zero-order valence-corrected chi connectivity index (χ0v) is 9.72. The van der Waals surface area contributed by atoms with Gasteiger partial charge in [-0.1, -0.05) is 28.1 Å². The third kappa shape index (κ3) is 2.34. The number of aryl methyl sites for hydroxylation is 1. The van der Waals surface area contributed by atoms with E-state index in [0.717, 1.165) is 0 Å². The van der Waals surface area contributed by atoms with Crippen molar-refractivity contribution < 1.29 is 18.1 Å². The molecule has 0 fully saturated rings. The van der Waals surface area contributed by atoms with Gasteiger partial charge < -0.3 is 0 Å². The highest BCUT2D eigenvalue weighted by molar-refractivity contribution is 9.08. The quantitative estimate of drug-likeness (QED) is 0.473. The number of nitrogens with zero attached hydrogens (tertiary/aromatic N) is 1. The first-order chi connectivity index (χ1) is 7.29. The molecule has 0 radical (unpaired) electrons. The molecule has 1 rings (SSSR count). The lowest BCUT2D eigenvalue weighted by Crippen LogP contribution is -2.13. The van der Waals surface area contributed by atoms with Crippen LogP contribution < -0.4 is 0 Å². The van der Waals surface area contributed by atoms with Gasteiger partial charge in [-0.25, -0.2) is 0 Å². The number of nitro groups is 1. The van der Waals surface area contributed by atoms with Crippen molar-refractivity contribution >= 4 is 21.6 Å². The summed E-state index contributed by atoms with van der Waals surface area (Å²) in [5.74, 6) is 0. The van der Waals surface area contributed by atoms with E-state index in [1.807, 2.05) is 0 Å². The maximum Gasteiger partial charge on any atom is 0.423 e. The molecule has 1 aromatic carbocycles. The second-order valence-corrected chi connectivity index (χ2v) is 3.71. The minimum Gasteiger partial charge on any atom is -0.258 e. The van der Waals surface area contributed by atoms with E-state index in [1.165, 1.54) is 19.1 Å². The Bertz CT molecular complexity index is 431. The van der Waals surface area contributed by atoms with Crippen LogP contribution in [-0.2, 0) is 11.5 Å². The van der Waals surface area contributed by atoms with Crippen LogP contribution in [0.25, 0.3) is 0 Å². The molecular weight excluding hydrogens is 291 g/mol. The molecule has 88 valence electrons. The first kappa shape index (κ1) is 13.0. The van der Waals surface area contributed by atoms with Crippen molar-refractivity contribution in [3.63, 3.8) is 0 Å². The summed E-state index contributed by atoms with van der Waals surface area (Å²) in [5.41, 5.74) is -2.18. The minimum absolute atomic E-state index is 0.00188. The molecule has 0 bridgehead atoms. The summed E-state index contributed by atoms with van der Waals surface area (Å²) in [5, 5.41) is 10.6. The number of halogens is 4. The molecule has 0 saturated heterocycles. The standard InChI is InChI=1S/C9H7BrF3NO2/c1-5-2-3-6(4-10)7(9(11,12)13)8(5)14(15)16/h2-3H,4H2,1H3. The summed E-state index contributed by atoms with van der Waals surface area (Å²) in [6, 6.07) is 2.55. The SMILES string of the molecule is Cc1ccc(CBr)c(C(F)(F)F)c1[N+](=O)[O-]. The van der Waals surface area contributed by atoms with Crippen molar-refractivity contribution in [3.8, 4) is 0 Å². The molecule has 16 heavy (non-hydrogen) atoms. The highest BCUT2D eigenvalue weighted by Crippen LogP contribution is 2.40. The lowest BCUT2D eigenvalue weighted by atomic mass is 10.0. The van der Waals surface area contributed by atoms with Crippen molar-refractivity contribution in [1.29, 1.82) is 0 Å². The van der Waals surface area contributed by atoms with E-state index in [0.29, 0.717) is 0 Å². The van der Waals surface area contributed by atoms with Crippen LogP contribution in [0.2, 0.25) is 0 Å². The maximum atomic E-state index is 12.7. The zero-order chi connectivity index (χ0) is 12.5. The Morgan fingerprint density at radius 1 is 1.44 bits per heavy atom. The summed E-state index contributed by atoms with van der Waals surface area (Å²) in [4.78, 5) is 9.65. The first-order valence-electron chi connectivity index (χ1n) is 4.19. The Balaban J connectivity index is 3.62. The Hall–Kier alpha value is -1.11. The van der Waals surface area contributed by atoms with Crippen LogP contribution >= 0.6 is 15.9 Å². The van der Waals surface area contributed by atoms with Gasteiger partial charge in [0.15, 0.2) is 0 Å². The fourth-order valence-corrected chi connectivity index (χ4v) is 1.87. The number of alkyl halides is 4. The van der Waals surface area contributed by atoms with Gasteiger partial charge in [0.1, 0.15) is 5.56 Å². The predicted octanol–water partition coefficient (Wildman–Crippen LogP) is 3.82.